The van der Waals surface area contributed by atoms with Crippen molar-refractivity contribution in [3.05, 3.63) is 47.1 Å². The fraction of sp³-hybridized carbons (Fsp3) is 0.0833. The molecule has 0 saturated heterocycles. The summed E-state index contributed by atoms with van der Waals surface area (Å²) >= 11 is 3.26. The molecule has 2 rings (SSSR count). The van der Waals surface area contributed by atoms with Crippen LogP contribution in [0.25, 0.3) is 0 Å². The Bertz CT molecular complexity index is 675. The second kappa shape index (κ2) is 5.58. The molecule has 0 fully saturated rings. The highest BCUT2D eigenvalue weighted by Crippen LogP contribution is 2.26. The quantitative estimate of drug-likeness (QED) is 0.896. The predicted molar refractivity (Wildman–Crippen MR) is 80.1 cm³/mol. The second-order valence-corrected chi connectivity index (χ2v) is 6.58. The van der Waals surface area contributed by atoms with Gasteiger partial charge in [-0.25, -0.2) is 13.4 Å². The summed E-state index contributed by atoms with van der Waals surface area (Å²) < 4.78 is 25.8. The average molecular weight is 342 g/mol. The molecule has 0 amide bonds. The van der Waals surface area contributed by atoms with Crippen molar-refractivity contribution in [3.63, 3.8) is 0 Å². The zero-order valence-electron chi connectivity index (χ0n) is 10.1. The number of rotatable bonds is 4. The molecule has 7 heteroatoms. The fourth-order valence-corrected chi connectivity index (χ4v) is 2.36. The zero-order chi connectivity index (χ0) is 13.9. The number of benzene rings is 1. The summed E-state index contributed by atoms with van der Waals surface area (Å²) in [6, 6.07) is 11.0. The summed E-state index contributed by atoms with van der Waals surface area (Å²) in [5.41, 5.74) is 1.22. The maximum atomic E-state index is 11.3. The molecular formula is C12H12BrN3O2S. The van der Waals surface area contributed by atoms with Gasteiger partial charge in [0.25, 0.3) is 0 Å². The smallest absolute Gasteiger partial charge is 0.229 e. The van der Waals surface area contributed by atoms with Gasteiger partial charge in [-0.2, -0.15) is 0 Å². The van der Waals surface area contributed by atoms with Crippen molar-refractivity contribution in [3.8, 4) is 0 Å². The molecule has 2 N–H and O–H groups in total. The standard InChI is InChI=1S/C12H12BrN3O2S/c1-19(17,18)16-11-7-9(13)8-14-12(11)15-10-5-3-2-4-6-10/h2-8,16H,1H3,(H,14,15). The molecule has 0 aliphatic rings. The zero-order valence-corrected chi connectivity index (χ0v) is 12.5. The van der Waals surface area contributed by atoms with E-state index in [-0.39, 0.29) is 0 Å². The van der Waals surface area contributed by atoms with Crippen LogP contribution in [0.15, 0.2) is 47.1 Å². The summed E-state index contributed by atoms with van der Waals surface area (Å²) in [6.45, 7) is 0. The van der Waals surface area contributed by atoms with Gasteiger partial charge in [-0.05, 0) is 34.1 Å². The summed E-state index contributed by atoms with van der Waals surface area (Å²) in [6.07, 6.45) is 2.69. The highest BCUT2D eigenvalue weighted by molar-refractivity contribution is 9.10. The maximum absolute atomic E-state index is 11.3. The number of para-hydroxylation sites is 1. The first-order valence-corrected chi connectivity index (χ1v) is 8.08. The Labute approximate surface area is 120 Å². The van der Waals surface area contributed by atoms with Crippen molar-refractivity contribution in [1.82, 2.24) is 4.98 Å². The predicted octanol–water partition coefficient (Wildman–Crippen LogP) is 2.96. The van der Waals surface area contributed by atoms with E-state index in [9.17, 15) is 8.42 Å². The van der Waals surface area contributed by atoms with E-state index >= 15 is 0 Å². The Morgan fingerprint density at radius 2 is 1.89 bits per heavy atom. The van der Waals surface area contributed by atoms with Gasteiger partial charge in [-0.15, -0.1) is 0 Å². The minimum Gasteiger partial charge on any atom is -0.338 e. The first-order chi connectivity index (χ1) is 8.94. The molecule has 2 aromatic rings. The largest absolute Gasteiger partial charge is 0.338 e. The summed E-state index contributed by atoms with van der Waals surface area (Å²) in [4.78, 5) is 4.17. The lowest BCUT2D eigenvalue weighted by Crippen LogP contribution is -2.11. The normalized spacial score (nSPS) is 11.1. The topological polar surface area (TPSA) is 71.1 Å². The number of hydrogen-bond acceptors (Lipinski definition) is 4. The Balaban J connectivity index is 2.34. The second-order valence-electron chi connectivity index (χ2n) is 3.91. The molecule has 19 heavy (non-hydrogen) atoms. The van der Waals surface area contributed by atoms with Crippen LogP contribution in [0.2, 0.25) is 0 Å². The van der Waals surface area contributed by atoms with Crippen molar-refractivity contribution in [2.75, 3.05) is 16.3 Å². The lowest BCUT2D eigenvalue weighted by atomic mass is 10.3. The minimum atomic E-state index is -3.36. The van der Waals surface area contributed by atoms with Crippen LogP contribution in [-0.4, -0.2) is 19.7 Å². The van der Waals surface area contributed by atoms with E-state index in [0.29, 0.717) is 16.0 Å². The number of hydrogen-bond donors (Lipinski definition) is 2. The molecule has 1 aromatic heterocycles. The van der Waals surface area contributed by atoms with Crippen LogP contribution in [0.4, 0.5) is 17.2 Å². The number of anilines is 3. The Morgan fingerprint density at radius 3 is 2.53 bits per heavy atom. The fourth-order valence-electron chi connectivity index (χ4n) is 1.47. The molecule has 0 aliphatic heterocycles. The summed E-state index contributed by atoms with van der Waals surface area (Å²) in [5, 5.41) is 3.06. The molecule has 100 valence electrons. The molecule has 0 aliphatic carbocycles. The molecule has 1 aromatic carbocycles. The van der Waals surface area contributed by atoms with Crippen molar-refractivity contribution in [2.45, 2.75) is 0 Å². The molecule has 0 radical (unpaired) electrons. The van der Waals surface area contributed by atoms with E-state index in [1.165, 1.54) is 0 Å². The third-order valence-electron chi connectivity index (χ3n) is 2.19. The average Bonchev–Trinajstić information content (AvgIpc) is 2.32. The van der Waals surface area contributed by atoms with Crippen molar-refractivity contribution < 1.29 is 8.42 Å². The monoisotopic (exact) mass is 341 g/mol. The lowest BCUT2D eigenvalue weighted by molar-refractivity contribution is 0.607. The summed E-state index contributed by atoms with van der Waals surface area (Å²) in [7, 11) is -3.36. The number of pyridine rings is 1. The SMILES string of the molecule is CS(=O)(=O)Nc1cc(Br)cnc1Nc1ccccc1. The van der Waals surface area contributed by atoms with Gasteiger partial charge >= 0.3 is 0 Å². The van der Waals surface area contributed by atoms with Gasteiger partial charge in [-0.3, -0.25) is 4.72 Å². The molecular weight excluding hydrogens is 330 g/mol. The van der Waals surface area contributed by atoms with E-state index in [1.54, 1.807) is 12.3 Å². The number of sulfonamides is 1. The van der Waals surface area contributed by atoms with Crippen LogP contribution in [-0.2, 0) is 10.0 Å². The van der Waals surface area contributed by atoms with Gasteiger partial charge < -0.3 is 5.32 Å². The first kappa shape index (κ1) is 13.8. The maximum Gasteiger partial charge on any atom is 0.229 e. The molecule has 0 bridgehead atoms. The van der Waals surface area contributed by atoms with E-state index < -0.39 is 10.0 Å². The van der Waals surface area contributed by atoms with Gasteiger partial charge in [0.05, 0.1) is 11.9 Å². The summed E-state index contributed by atoms with van der Waals surface area (Å²) in [5.74, 6) is 0.444. The van der Waals surface area contributed by atoms with Crippen molar-refractivity contribution >= 4 is 43.1 Å². The van der Waals surface area contributed by atoms with Crippen LogP contribution >= 0.6 is 15.9 Å². The number of halogens is 1. The lowest BCUT2D eigenvalue weighted by Gasteiger charge is -2.12. The molecule has 0 saturated carbocycles. The van der Waals surface area contributed by atoms with Crippen LogP contribution in [0.3, 0.4) is 0 Å². The van der Waals surface area contributed by atoms with E-state index in [2.05, 4.69) is 31.0 Å². The van der Waals surface area contributed by atoms with Gasteiger partial charge in [0, 0.05) is 16.4 Å². The highest BCUT2D eigenvalue weighted by Gasteiger charge is 2.09. The number of nitrogens with zero attached hydrogens (tertiary/aromatic N) is 1. The first-order valence-electron chi connectivity index (χ1n) is 5.39. The Kier molecular flexibility index (Phi) is 4.06. The molecule has 0 spiro atoms. The number of nitrogens with one attached hydrogen (secondary N) is 2. The molecule has 5 nitrogen and oxygen atoms in total. The minimum absolute atomic E-state index is 0.390. The Morgan fingerprint density at radius 1 is 1.21 bits per heavy atom. The van der Waals surface area contributed by atoms with Gasteiger partial charge in [-0.1, -0.05) is 18.2 Å². The van der Waals surface area contributed by atoms with Crippen LogP contribution < -0.4 is 10.0 Å². The Hall–Kier alpha value is -1.60. The van der Waals surface area contributed by atoms with E-state index in [1.807, 2.05) is 30.3 Å². The van der Waals surface area contributed by atoms with Crippen molar-refractivity contribution in [2.24, 2.45) is 0 Å². The van der Waals surface area contributed by atoms with E-state index in [0.717, 1.165) is 11.9 Å². The van der Waals surface area contributed by atoms with Crippen LogP contribution in [0.1, 0.15) is 0 Å². The molecule has 0 atom stereocenters. The molecule has 1 heterocycles. The van der Waals surface area contributed by atoms with Gasteiger partial charge in [0.1, 0.15) is 0 Å². The number of aromatic nitrogens is 1. The molecule has 0 unspecified atom stereocenters. The third-order valence-corrected chi connectivity index (χ3v) is 3.21. The van der Waals surface area contributed by atoms with Crippen LogP contribution in [0.5, 0.6) is 0 Å². The third kappa shape index (κ3) is 4.22. The highest BCUT2D eigenvalue weighted by atomic mass is 79.9. The van der Waals surface area contributed by atoms with Gasteiger partial charge in [0.2, 0.25) is 10.0 Å². The van der Waals surface area contributed by atoms with Crippen molar-refractivity contribution in [1.29, 1.82) is 0 Å². The van der Waals surface area contributed by atoms with Crippen LogP contribution in [0, 0.1) is 0 Å². The van der Waals surface area contributed by atoms with Gasteiger partial charge in [0.15, 0.2) is 5.82 Å². The van der Waals surface area contributed by atoms with E-state index in [4.69, 9.17) is 0 Å².